The number of ether oxygens (including phenoxy) is 1. The van der Waals surface area contributed by atoms with Crippen LogP contribution in [0.15, 0.2) is 54.7 Å². The number of rotatable bonds is 6. The van der Waals surface area contributed by atoms with E-state index in [0.29, 0.717) is 11.9 Å². The number of aromatic nitrogens is 1. The molecule has 0 radical (unpaired) electrons. The summed E-state index contributed by atoms with van der Waals surface area (Å²) in [4.78, 5) is 24.8. The van der Waals surface area contributed by atoms with Crippen molar-refractivity contribution in [3.63, 3.8) is 0 Å². The van der Waals surface area contributed by atoms with E-state index in [2.05, 4.69) is 20.9 Å². The fraction of sp³-hybridized carbons (Fsp3) is 0.174. The minimum absolute atomic E-state index is 0.0535. The van der Waals surface area contributed by atoms with E-state index in [-0.39, 0.29) is 28.5 Å². The Hall–Kier alpha value is -4.56. The molecule has 8 nitrogen and oxygen atoms in total. The van der Waals surface area contributed by atoms with E-state index >= 15 is 0 Å². The van der Waals surface area contributed by atoms with Crippen LogP contribution in [0.1, 0.15) is 15.9 Å². The lowest BCUT2D eigenvalue weighted by Gasteiger charge is -2.18. The molecule has 4 N–H and O–H groups in total. The predicted molar refractivity (Wildman–Crippen MR) is 122 cm³/mol. The van der Waals surface area contributed by atoms with E-state index in [1.165, 1.54) is 38.4 Å². The van der Waals surface area contributed by atoms with Crippen molar-refractivity contribution in [2.45, 2.75) is 12.4 Å². The summed E-state index contributed by atoms with van der Waals surface area (Å²) in [5.41, 5.74) is -0.667. The number of carbonyl (C=O) groups is 2. The number of aliphatic carboxylic acids is 1. The fourth-order valence-corrected chi connectivity index (χ4v) is 2.83. The first-order valence-corrected chi connectivity index (χ1v) is 10.2. The van der Waals surface area contributed by atoms with Gasteiger partial charge in [-0.05, 0) is 24.3 Å². The third-order valence-electron chi connectivity index (χ3n) is 4.55. The number of halogens is 7. The van der Waals surface area contributed by atoms with E-state index in [1.807, 2.05) is 0 Å². The highest BCUT2D eigenvalue weighted by Gasteiger charge is 2.38. The largest absolute Gasteiger partial charge is 0.494 e. The molecule has 1 amide bonds. The van der Waals surface area contributed by atoms with Gasteiger partial charge in [-0.25, -0.2) is 14.2 Å². The van der Waals surface area contributed by atoms with Crippen molar-refractivity contribution in [2.75, 3.05) is 24.8 Å². The number of nitrogens with zero attached hydrogens (tertiary/aromatic N) is 1. The number of carboxylic acid groups (broad SMARTS) is 1. The first-order chi connectivity index (χ1) is 17.7. The molecule has 0 fully saturated rings. The molecule has 0 saturated carbocycles. The van der Waals surface area contributed by atoms with Gasteiger partial charge in [0.15, 0.2) is 0 Å². The maximum absolute atomic E-state index is 13.6. The lowest BCUT2D eigenvalue weighted by molar-refractivity contribution is -0.192. The van der Waals surface area contributed by atoms with E-state index in [4.69, 9.17) is 14.6 Å². The van der Waals surface area contributed by atoms with Crippen molar-refractivity contribution < 1.29 is 50.2 Å². The molecule has 3 rings (SSSR count). The first-order valence-electron chi connectivity index (χ1n) is 10.2. The van der Waals surface area contributed by atoms with Crippen LogP contribution in [0.3, 0.4) is 0 Å². The number of para-hydroxylation sites is 1. The predicted octanol–water partition coefficient (Wildman–Crippen LogP) is 5.73. The Kier molecular flexibility index (Phi) is 9.46. The highest BCUT2D eigenvalue weighted by atomic mass is 19.4. The topological polar surface area (TPSA) is 113 Å². The van der Waals surface area contributed by atoms with Gasteiger partial charge < -0.3 is 25.8 Å². The van der Waals surface area contributed by atoms with Gasteiger partial charge in [-0.2, -0.15) is 26.3 Å². The second-order valence-electron chi connectivity index (χ2n) is 7.14. The van der Waals surface area contributed by atoms with Crippen molar-refractivity contribution in [1.29, 1.82) is 0 Å². The molecule has 0 aliphatic carbocycles. The monoisotopic (exact) mass is 548 g/mol. The van der Waals surface area contributed by atoms with Gasteiger partial charge in [0.25, 0.3) is 5.91 Å². The Bertz CT molecular complexity index is 1300. The van der Waals surface area contributed by atoms with Crippen LogP contribution in [-0.4, -0.2) is 42.3 Å². The van der Waals surface area contributed by atoms with E-state index < -0.39 is 35.6 Å². The summed E-state index contributed by atoms with van der Waals surface area (Å²) in [6.45, 7) is 0. The summed E-state index contributed by atoms with van der Waals surface area (Å²) in [7, 11) is 2.76. The van der Waals surface area contributed by atoms with Crippen molar-refractivity contribution >= 4 is 34.8 Å². The number of anilines is 4. The van der Waals surface area contributed by atoms with Crippen LogP contribution in [0.25, 0.3) is 0 Å². The Morgan fingerprint density at radius 1 is 0.921 bits per heavy atom. The van der Waals surface area contributed by atoms with Crippen molar-refractivity contribution in [1.82, 2.24) is 10.3 Å². The number of alkyl halides is 6. The van der Waals surface area contributed by atoms with Gasteiger partial charge in [0, 0.05) is 25.4 Å². The van der Waals surface area contributed by atoms with Gasteiger partial charge in [0.1, 0.15) is 17.4 Å². The minimum Gasteiger partial charge on any atom is -0.494 e. The number of hydrogen-bond acceptors (Lipinski definition) is 6. The normalized spacial score (nSPS) is 11.1. The van der Waals surface area contributed by atoms with Crippen LogP contribution >= 0.6 is 0 Å². The average molecular weight is 548 g/mol. The molecule has 1 aromatic heterocycles. The maximum atomic E-state index is 13.6. The maximum Gasteiger partial charge on any atom is 0.490 e. The molecular formula is C23H19F7N4O4. The zero-order valence-corrected chi connectivity index (χ0v) is 19.5. The summed E-state index contributed by atoms with van der Waals surface area (Å²) >= 11 is 0. The SMILES string of the molecule is CNC(=O)c1ccccc1Nc1cc(Nc2ccc(F)cc2OC)ncc1C(F)(F)F.O=C(O)C(F)(F)F. The lowest BCUT2D eigenvalue weighted by Crippen LogP contribution is -2.21. The molecule has 2 aromatic carbocycles. The van der Waals surface area contributed by atoms with Crippen LogP contribution in [0.5, 0.6) is 5.75 Å². The summed E-state index contributed by atoms with van der Waals surface area (Å²) in [6, 6.07) is 11.0. The van der Waals surface area contributed by atoms with Crippen molar-refractivity contribution in [3.05, 3.63) is 71.7 Å². The second-order valence-corrected chi connectivity index (χ2v) is 7.14. The summed E-state index contributed by atoms with van der Waals surface area (Å²) in [6.07, 6.45) is -9.10. The van der Waals surface area contributed by atoms with Crippen molar-refractivity contribution in [3.8, 4) is 5.75 Å². The quantitative estimate of drug-likeness (QED) is 0.291. The smallest absolute Gasteiger partial charge is 0.490 e. The number of pyridine rings is 1. The Morgan fingerprint density at radius 3 is 2.11 bits per heavy atom. The summed E-state index contributed by atoms with van der Waals surface area (Å²) in [5.74, 6) is -3.54. The number of benzene rings is 2. The molecule has 0 aliphatic heterocycles. The molecule has 204 valence electrons. The number of hydrogen-bond donors (Lipinski definition) is 4. The highest BCUT2D eigenvalue weighted by Crippen LogP contribution is 2.38. The molecule has 15 heteroatoms. The van der Waals surface area contributed by atoms with Crippen LogP contribution in [0, 0.1) is 5.82 Å². The number of carbonyl (C=O) groups excluding carboxylic acids is 1. The lowest BCUT2D eigenvalue weighted by atomic mass is 10.1. The Balaban J connectivity index is 0.000000638. The molecular weight excluding hydrogens is 529 g/mol. The fourth-order valence-electron chi connectivity index (χ4n) is 2.83. The summed E-state index contributed by atoms with van der Waals surface area (Å²) in [5, 5.41) is 15.1. The highest BCUT2D eigenvalue weighted by molar-refractivity contribution is 6.00. The Morgan fingerprint density at radius 2 is 1.55 bits per heavy atom. The first kappa shape index (κ1) is 29.7. The molecule has 0 bridgehead atoms. The number of nitrogens with one attached hydrogen (secondary N) is 3. The van der Waals surface area contributed by atoms with Gasteiger partial charge in [0.05, 0.1) is 35.3 Å². The molecule has 1 heterocycles. The van der Waals surface area contributed by atoms with Gasteiger partial charge in [0.2, 0.25) is 0 Å². The van der Waals surface area contributed by atoms with Crippen LogP contribution in [-0.2, 0) is 11.0 Å². The molecule has 3 aromatic rings. The van der Waals surface area contributed by atoms with Crippen LogP contribution in [0.4, 0.5) is 53.6 Å². The number of methoxy groups -OCH3 is 1. The summed E-state index contributed by atoms with van der Waals surface area (Å²) < 4.78 is 90.9. The van der Waals surface area contributed by atoms with Gasteiger partial charge >= 0.3 is 18.3 Å². The third kappa shape index (κ3) is 7.97. The molecule has 38 heavy (non-hydrogen) atoms. The minimum atomic E-state index is -5.08. The van der Waals surface area contributed by atoms with E-state index in [0.717, 1.165) is 12.1 Å². The third-order valence-corrected chi connectivity index (χ3v) is 4.55. The molecule has 0 aliphatic rings. The van der Waals surface area contributed by atoms with Gasteiger partial charge in [-0.1, -0.05) is 12.1 Å². The second kappa shape index (κ2) is 12.1. The zero-order valence-electron chi connectivity index (χ0n) is 19.5. The van der Waals surface area contributed by atoms with Crippen molar-refractivity contribution in [2.24, 2.45) is 0 Å². The standard InChI is InChI=1S/C21H18F4N4O2.C2HF3O2/c1-26-20(30)13-5-3-4-6-15(13)28-17-10-19(27-11-14(17)21(23,24)25)29-16-8-7-12(22)9-18(16)31-2;3-2(4,5)1(6)7/h3-11H,1-2H3,(H,26,30)(H2,27,28,29);(H,6,7). The Labute approximate surface area is 210 Å². The molecule has 0 atom stereocenters. The van der Waals surface area contributed by atoms with Crippen LogP contribution < -0.4 is 20.7 Å². The van der Waals surface area contributed by atoms with E-state index in [1.54, 1.807) is 12.1 Å². The molecule has 0 spiro atoms. The zero-order chi connectivity index (χ0) is 28.7. The number of amides is 1. The van der Waals surface area contributed by atoms with Gasteiger partial charge in [-0.15, -0.1) is 0 Å². The van der Waals surface area contributed by atoms with E-state index in [9.17, 15) is 35.5 Å². The average Bonchev–Trinajstić information content (AvgIpc) is 2.84. The van der Waals surface area contributed by atoms with Crippen LogP contribution in [0.2, 0.25) is 0 Å². The number of carboxylic acids is 1. The van der Waals surface area contributed by atoms with Gasteiger partial charge in [-0.3, -0.25) is 4.79 Å². The molecule has 0 unspecified atom stereocenters. The molecule has 0 saturated heterocycles.